The Kier molecular flexibility index (Phi) is 6.52. The molecule has 6 nitrogen and oxygen atoms in total. The van der Waals surface area contributed by atoms with Gasteiger partial charge in [-0.3, -0.25) is 4.90 Å². The minimum absolute atomic E-state index is 0.00346. The highest BCUT2D eigenvalue weighted by atomic mass is 16.5. The maximum atomic E-state index is 6.20. The third-order valence-corrected chi connectivity index (χ3v) is 3.80. The van der Waals surface area contributed by atoms with Gasteiger partial charge in [-0.1, -0.05) is 19.1 Å². The molecule has 0 saturated heterocycles. The van der Waals surface area contributed by atoms with Crippen molar-refractivity contribution in [3.8, 4) is 0 Å². The van der Waals surface area contributed by atoms with E-state index in [4.69, 9.17) is 10.5 Å². The number of rotatable bonds is 9. The average Bonchev–Trinajstić information content (AvgIpc) is 2.73. The molecule has 22 heavy (non-hydrogen) atoms. The molecule has 0 bridgehead atoms. The monoisotopic (exact) mass is 311 g/mol. The van der Waals surface area contributed by atoms with Crippen LogP contribution in [-0.4, -0.2) is 45.3 Å². The molecular weight excluding hydrogens is 278 g/mol. The smallest absolute Gasteiger partial charge is 0.114 e. The van der Waals surface area contributed by atoms with Crippen LogP contribution in [0.5, 0.6) is 0 Å². The van der Waals surface area contributed by atoms with E-state index in [0.29, 0.717) is 12.6 Å². The van der Waals surface area contributed by atoms with Gasteiger partial charge in [0.1, 0.15) is 5.72 Å². The molecule has 1 unspecified atom stereocenters. The van der Waals surface area contributed by atoms with Crippen LogP contribution in [0.2, 0.25) is 0 Å². The van der Waals surface area contributed by atoms with Gasteiger partial charge < -0.3 is 10.5 Å². The van der Waals surface area contributed by atoms with Gasteiger partial charge in [0.25, 0.3) is 0 Å². The number of hydrogen-bond acceptors (Lipinski definition) is 5. The maximum Gasteiger partial charge on any atom is 0.114 e. The van der Waals surface area contributed by atoms with Crippen molar-refractivity contribution in [3.05, 3.63) is 11.9 Å². The first kappa shape index (κ1) is 19.1. The van der Waals surface area contributed by atoms with Crippen LogP contribution in [0.4, 0.5) is 0 Å². The molecule has 0 saturated carbocycles. The molecule has 0 aliphatic rings. The van der Waals surface area contributed by atoms with Crippen molar-refractivity contribution < 1.29 is 4.74 Å². The van der Waals surface area contributed by atoms with Crippen LogP contribution in [-0.2, 0) is 17.8 Å². The Labute approximate surface area is 135 Å². The van der Waals surface area contributed by atoms with Gasteiger partial charge in [-0.25, -0.2) is 4.68 Å². The Morgan fingerprint density at radius 2 is 2.00 bits per heavy atom. The zero-order valence-electron chi connectivity index (χ0n) is 15.3. The van der Waals surface area contributed by atoms with Crippen LogP contribution in [0.1, 0.15) is 53.7 Å². The summed E-state index contributed by atoms with van der Waals surface area (Å²) in [5, 5.41) is 8.51. The predicted molar refractivity (Wildman–Crippen MR) is 89.2 cm³/mol. The summed E-state index contributed by atoms with van der Waals surface area (Å²) in [5.41, 5.74) is 6.59. The molecule has 0 aromatic carbocycles. The zero-order valence-corrected chi connectivity index (χ0v) is 15.3. The summed E-state index contributed by atoms with van der Waals surface area (Å²) in [6.45, 7) is 14.0. The first-order chi connectivity index (χ1) is 10.0. The fraction of sp³-hybridized carbons (Fsp3) is 0.875. The zero-order chi connectivity index (χ0) is 17.0. The molecule has 1 heterocycles. The molecular formula is C16H33N5O. The summed E-state index contributed by atoms with van der Waals surface area (Å²) in [4.78, 5) is 2.22. The normalized spacial score (nSPS) is 15.5. The van der Waals surface area contributed by atoms with Crippen molar-refractivity contribution in [2.24, 2.45) is 11.1 Å². The minimum atomic E-state index is -0.605. The second-order valence-electron chi connectivity index (χ2n) is 7.50. The summed E-state index contributed by atoms with van der Waals surface area (Å²) in [5.74, 6) is 0. The fourth-order valence-corrected chi connectivity index (χ4v) is 2.76. The lowest BCUT2D eigenvalue weighted by atomic mass is 9.81. The topological polar surface area (TPSA) is 69.2 Å². The molecule has 1 aromatic heterocycles. The number of nitrogens with zero attached hydrogens (tertiary/aromatic N) is 4. The summed E-state index contributed by atoms with van der Waals surface area (Å²) in [6, 6.07) is 0.480. The van der Waals surface area contributed by atoms with E-state index in [2.05, 4.69) is 50.0 Å². The quantitative estimate of drug-likeness (QED) is 0.708. The lowest BCUT2D eigenvalue weighted by Gasteiger charge is -2.34. The summed E-state index contributed by atoms with van der Waals surface area (Å²) < 4.78 is 7.50. The Morgan fingerprint density at radius 3 is 2.55 bits per heavy atom. The molecule has 0 spiro atoms. The highest BCUT2D eigenvalue weighted by Gasteiger charge is 2.30. The van der Waals surface area contributed by atoms with Gasteiger partial charge in [0.05, 0.1) is 12.4 Å². The van der Waals surface area contributed by atoms with Crippen LogP contribution < -0.4 is 5.73 Å². The van der Waals surface area contributed by atoms with Crippen LogP contribution in [0.15, 0.2) is 6.20 Å². The molecule has 1 rings (SSSR count). The van der Waals surface area contributed by atoms with Gasteiger partial charge >= 0.3 is 0 Å². The second-order valence-corrected chi connectivity index (χ2v) is 7.50. The first-order valence-electron chi connectivity index (χ1n) is 8.07. The van der Waals surface area contributed by atoms with Crippen molar-refractivity contribution in [1.29, 1.82) is 0 Å². The van der Waals surface area contributed by atoms with E-state index in [-0.39, 0.29) is 5.41 Å². The molecule has 0 radical (unpaired) electrons. The standard InChI is InChI=1S/C16H33N5O/c1-8-22-16(6,17)11-15(4,5)9-14-10-21(19-18-14)12-20(7)13(2)3/h10,13H,8-9,11-12,17H2,1-7H3. The molecule has 0 aliphatic carbocycles. The number of aromatic nitrogens is 3. The van der Waals surface area contributed by atoms with Crippen LogP contribution in [0.3, 0.4) is 0 Å². The molecule has 1 atom stereocenters. The minimum Gasteiger partial charge on any atom is -0.361 e. The van der Waals surface area contributed by atoms with Crippen LogP contribution >= 0.6 is 0 Å². The molecule has 6 heteroatoms. The SMILES string of the molecule is CCOC(C)(N)CC(C)(C)Cc1cn(CN(C)C(C)C)nn1. The fourth-order valence-electron chi connectivity index (χ4n) is 2.76. The maximum absolute atomic E-state index is 6.20. The van der Waals surface area contributed by atoms with E-state index >= 15 is 0 Å². The Bertz CT molecular complexity index is 453. The van der Waals surface area contributed by atoms with Crippen molar-refractivity contribution in [1.82, 2.24) is 19.9 Å². The van der Waals surface area contributed by atoms with Gasteiger partial charge in [-0.05, 0) is 53.0 Å². The Balaban J connectivity index is 2.64. The Morgan fingerprint density at radius 1 is 1.36 bits per heavy atom. The van der Waals surface area contributed by atoms with Gasteiger partial charge in [0.15, 0.2) is 0 Å². The van der Waals surface area contributed by atoms with Crippen molar-refractivity contribution in [2.45, 2.75) is 72.8 Å². The number of hydrogen-bond donors (Lipinski definition) is 1. The highest BCUT2D eigenvalue weighted by molar-refractivity contribution is 4.98. The van der Waals surface area contributed by atoms with Gasteiger partial charge in [-0.2, -0.15) is 0 Å². The number of nitrogens with two attached hydrogens (primary N) is 1. The highest BCUT2D eigenvalue weighted by Crippen LogP contribution is 2.30. The molecule has 2 N–H and O–H groups in total. The average molecular weight is 311 g/mol. The largest absolute Gasteiger partial charge is 0.361 e. The molecule has 0 fully saturated rings. The van der Waals surface area contributed by atoms with Crippen molar-refractivity contribution in [2.75, 3.05) is 13.7 Å². The van der Waals surface area contributed by atoms with E-state index in [1.165, 1.54) is 0 Å². The number of ether oxygens (including phenoxy) is 1. The van der Waals surface area contributed by atoms with Crippen molar-refractivity contribution >= 4 is 0 Å². The Hall–Kier alpha value is -0.980. The molecule has 0 amide bonds. The lowest BCUT2D eigenvalue weighted by Crippen LogP contribution is -2.43. The summed E-state index contributed by atoms with van der Waals surface area (Å²) in [6.07, 6.45) is 3.63. The van der Waals surface area contributed by atoms with E-state index < -0.39 is 5.72 Å². The predicted octanol–water partition coefficient (Wildman–Crippen LogP) is 2.25. The van der Waals surface area contributed by atoms with Crippen molar-refractivity contribution in [3.63, 3.8) is 0 Å². The molecule has 1 aromatic rings. The second kappa shape index (κ2) is 7.53. The van der Waals surface area contributed by atoms with Crippen LogP contribution in [0, 0.1) is 5.41 Å². The van der Waals surface area contributed by atoms with Gasteiger partial charge in [0.2, 0.25) is 0 Å². The summed E-state index contributed by atoms with van der Waals surface area (Å²) >= 11 is 0. The molecule has 128 valence electrons. The third kappa shape index (κ3) is 6.42. The van der Waals surface area contributed by atoms with Crippen LogP contribution in [0.25, 0.3) is 0 Å². The first-order valence-corrected chi connectivity index (χ1v) is 8.07. The van der Waals surface area contributed by atoms with E-state index in [1.54, 1.807) is 0 Å². The van der Waals surface area contributed by atoms with E-state index in [1.807, 2.05) is 24.7 Å². The molecule has 0 aliphatic heterocycles. The summed E-state index contributed by atoms with van der Waals surface area (Å²) in [7, 11) is 2.08. The van der Waals surface area contributed by atoms with E-state index in [9.17, 15) is 0 Å². The lowest BCUT2D eigenvalue weighted by molar-refractivity contribution is -0.0491. The third-order valence-electron chi connectivity index (χ3n) is 3.80. The van der Waals surface area contributed by atoms with Gasteiger partial charge in [-0.15, -0.1) is 5.10 Å². The van der Waals surface area contributed by atoms with Gasteiger partial charge in [0, 0.05) is 18.8 Å². The van der Waals surface area contributed by atoms with E-state index in [0.717, 1.165) is 25.2 Å².